The number of hydrogen-bond donors (Lipinski definition) is 0. The van der Waals surface area contributed by atoms with Crippen LogP contribution >= 0.6 is 23.1 Å². The van der Waals surface area contributed by atoms with Gasteiger partial charge in [-0.25, -0.2) is 0 Å². The molecule has 0 heterocycles. The fraction of sp³-hybridized carbons (Fsp3) is 0.160. The molecule has 0 aliphatic carbocycles. The lowest BCUT2D eigenvalue weighted by Gasteiger charge is -2.23. The molecule has 0 saturated carbocycles. The Morgan fingerprint density at radius 2 is 1.18 bits per heavy atom. The van der Waals surface area contributed by atoms with E-state index in [1.54, 1.807) is 0 Å². The van der Waals surface area contributed by atoms with Crippen molar-refractivity contribution in [2.75, 3.05) is 0 Å². The molecule has 0 spiro atoms. The van der Waals surface area contributed by atoms with E-state index in [2.05, 4.69) is 40.4 Å². The molecule has 0 aliphatic rings. The summed E-state index contributed by atoms with van der Waals surface area (Å²) in [6.45, 7) is 12.1. The van der Waals surface area contributed by atoms with Gasteiger partial charge in [-0.2, -0.15) is 0 Å². The third-order valence-electron chi connectivity index (χ3n) is 4.74. The van der Waals surface area contributed by atoms with Crippen LogP contribution < -0.4 is 10.6 Å². The maximum absolute atomic E-state index is 14.9. The van der Waals surface area contributed by atoms with Gasteiger partial charge in [-0.3, -0.25) is 0 Å². The molecule has 28 heavy (non-hydrogen) atoms. The smallest absolute Gasteiger partial charge is 0.179 e. The van der Waals surface area contributed by atoms with Crippen molar-refractivity contribution in [1.29, 1.82) is 0 Å². The van der Waals surface area contributed by atoms with Gasteiger partial charge in [0.05, 0.1) is 5.31 Å². The molecule has 142 valence electrons. The molecule has 0 atom stereocenters. The summed E-state index contributed by atoms with van der Waals surface area (Å²) in [5.74, 6) is 0. The van der Waals surface area contributed by atoms with Crippen molar-refractivity contribution in [3.63, 3.8) is 0 Å². The van der Waals surface area contributed by atoms with E-state index in [4.69, 9.17) is 0 Å². The molecule has 0 N–H and O–H groups in total. The molecule has 0 aliphatic heterocycles. The van der Waals surface area contributed by atoms with Crippen molar-refractivity contribution in [3.05, 3.63) is 105 Å². The second-order valence-electron chi connectivity index (χ2n) is 7.33. The maximum Gasteiger partial charge on any atom is 0.179 e. The summed E-state index contributed by atoms with van der Waals surface area (Å²) in [6.07, 6.45) is 0. The molecule has 0 unspecified atom stereocenters. The van der Waals surface area contributed by atoms with E-state index < -0.39 is 7.14 Å². The maximum atomic E-state index is 14.9. The third kappa shape index (κ3) is 4.01. The highest BCUT2D eigenvalue weighted by molar-refractivity contribution is 9.10. The Morgan fingerprint density at radius 3 is 1.54 bits per heavy atom. The minimum atomic E-state index is -3.15. The second-order valence-corrected chi connectivity index (χ2v) is 10.9. The Morgan fingerprint density at radius 1 is 0.786 bits per heavy atom. The molecule has 0 bridgehead atoms. The van der Waals surface area contributed by atoms with E-state index in [1.165, 1.54) is 0 Å². The van der Waals surface area contributed by atoms with Crippen molar-refractivity contribution >= 4 is 39.0 Å². The summed E-state index contributed by atoms with van der Waals surface area (Å²) in [6, 6.07) is 20.2. The lowest BCUT2D eigenvalue weighted by atomic mass is 10.2. The zero-order valence-corrected chi connectivity index (χ0v) is 19.2. The Labute approximate surface area is 176 Å². The molecular weight excluding hydrogens is 427 g/mol. The standard InChI is InChI=1S/C25H24BrOP/c1-6-25(21-7-9-22(26)10-8-21)28(27,23-13-17(2)11-18(3)14-23)24-15-19(4)12-20(5)16-24/h7-16H,1H2,2-5H3. The Kier molecular flexibility index (Phi) is 5.96. The molecule has 3 aromatic carbocycles. The molecule has 3 rings (SSSR count). The van der Waals surface area contributed by atoms with Crippen LogP contribution in [-0.2, 0) is 4.57 Å². The van der Waals surface area contributed by atoms with E-state index in [1.807, 2.05) is 76.2 Å². The highest BCUT2D eigenvalue weighted by Gasteiger charge is 2.33. The molecule has 0 aromatic heterocycles. The highest BCUT2D eigenvalue weighted by atomic mass is 79.9. The molecule has 0 saturated heterocycles. The van der Waals surface area contributed by atoms with Crippen LogP contribution in [0.25, 0.3) is 5.31 Å². The van der Waals surface area contributed by atoms with Gasteiger partial charge in [-0.05, 0) is 69.7 Å². The largest absolute Gasteiger partial charge is 0.308 e. The zero-order valence-electron chi connectivity index (χ0n) is 16.7. The van der Waals surface area contributed by atoms with Crippen LogP contribution in [0.4, 0.5) is 0 Å². The van der Waals surface area contributed by atoms with Crippen molar-refractivity contribution in [3.8, 4) is 0 Å². The number of rotatable bonds is 4. The van der Waals surface area contributed by atoms with E-state index in [-0.39, 0.29) is 0 Å². The summed E-state index contributed by atoms with van der Waals surface area (Å²) < 4.78 is 15.9. The fourth-order valence-electron chi connectivity index (χ4n) is 3.68. The molecule has 0 amide bonds. The number of halogens is 1. The van der Waals surface area contributed by atoms with Gasteiger partial charge in [0.2, 0.25) is 0 Å². The monoisotopic (exact) mass is 450 g/mol. The molecule has 3 heteroatoms. The summed E-state index contributed by atoms with van der Waals surface area (Å²) >= 11 is 3.48. The summed E-state index contributed by atoms with van der Waals surface area (Å²) in [5.41, 5.74) is 8.30. The normalized spacial score (nSPS) is 11.2. The second kappa shape index (κ2) is 8.10. The van der Waals surface area contributed by atoms with E-state index in [0.717, 1.165) is 42.9 Å². The molecule has 0 fully saturated rings. The van der Waals surface area contributed by atoms with Gasteiger partial charge in [0.25, 0.3) is 0 Å². The first-order valence-electron chi connectivity index (χ1n) is 9.18. The Hall–Kier alpha value is -2.11. The molecule has 1 nitrogen and oxygen atoms in total. The van der Waals surface area contributed by atoms with Crippen LogP contribution in [0, 0.1) is 27.7 Å². The van der Waals surface area contributed by atoms with Gasteiger partial charge < -0.3 is 4.57 Å². The summed E-state index contributed by atoms with van der Waals surface area (Å²) in [7, 11) is -3.15. The number of hydrogen-bond acceptors (Lipinski definition) is 1. The van der Waals surface area contributed by atoms with Crippen LogP contribution in [-0.4, -0.2) is 0 Å². The van der Waals surface area contributed by atoms with Crippen molar-refractivity contribution in [1.82, 2.24) is 0 Å². The highest BCUT2D eigenvalue weighted by Crippen LogP contribution is 2.56. The number of aryl methyl sites for hydroxylation is 4. The quantitative estimate of drug-likeness (QED) is 0.314. The van der Waals surface area contributed by atoms with E-state index >= 15 is 0 Å². The van der Waals surface area contributed by atoms with E-state index in [9.17, 15) is 4.57 Å². The Bertz CT molecular complexity index is 1040. The van der Waals surface area contributed by atoms with Gasteiger partial charge in [0.15, 0.2) is 7.14 Å². The predicted octanol–water partition coefficient (Wildman–Crippen LogP) is 6.82. The molecule has 3 aromatic rings. The van der Waals surface area contributed by atoms with Gasteiger partial charge in [0, 0.05) is 15.1 Å². The lowest BCUT2D eigenvalue weighted by Crippen LogP contribution is -2.18. The zero-order chi connectivity index (χ0) is 20.5. The van der Waals surface area contributed by atoms with Crippen LogP contribution in [0.2, 0.25) is 0 Å². The lowest BCUT2D eigenvalue weighted by molar-refractivity contribution is 0.593. The SMILES string of the molecule is C=C=C(c1ccc(Br)cc1)P(=O)(c1cc(C)cc(C)c1)c1cc(C)cc(C)c1. The average molecular weight is 451 g/mol. The van der Waals surface area contributed by atoms with Crippen molar-refractivity contribution in [2.45, 2.75) is 27.7 Å². The number of benzene rings is 3. The third-order valence-corrected chi connectivity index (χ3v) is 8.29. The van der Waals surface area contributed by atoms with Crippen molar-refractivity contribution < 1.29 is 4.57 Å². The van der Waals surface area contributed by atoms with Crippen LogP contribution in [0.5, 0.6) is 0 Å². The topological polar surface area (TPSA) is 17.1 Å². The first-order chi connectivity index (χ1) is 13.2. The molecular formula is C25H24BrOP. The van der Waals surface area contributed by atoms with Crippen LogP contribution in [0.3, 0.4) is 0 Å². The van der Waals surface area contributed by atoms with Gasteiger partial charge in [-0.15, -0.1) is 5.73 Å². The Balaban J connectivity index is 2.38. The van der Waals surface area contributed by atoms with Crippen LogP contribution in [0.15, 0.2) is 77.4 Å². The predicted molar refractivity (Wildman–Crippen MR) is 125 cm³/mol. The fourth-order valence-corrected chi connectivity index (χ4v) is 7.03. The van der Waals surface area contributed by atoms with Gasteiger partial charge in [0.1, 0.15) is 0 Å². The van der Waals surface area contributed by atoms with Crippen LogP contribution in [0.1, 0.15) is 27.8 Å². The summed E-state index contributed by atoms with van der Waals surface area (Å²) in [5, 5.41) is 2.29. The minimum Gasteiger partial charge on any atom is -0.308 e. The van der Waals surface area contributed by atoms with Crippen molar-refractivity contribution in [2.24, 2.45) is 0 Å². The van der Waals surface area contributed by atoms with Gasteiger partial charge >= 0.3 is 0 Å². The molecule has 0 radical (unpaired) electrons. The first kappa shape index (κ1) is 20.6. The van der Waals surface area contributed by atoms with E-state index in [0.29, 0.717) is 5.31 Å². The van der Waals surface area contributed by atoms with Gasteiger partial charge in [-0.1, -0.05) is 69.0 Å². The minimum absolute atomic E-state index is 0.648. The summed E-state index contributed by atoms with van der Waals surface area (Å²) in [4.78, 5) is 0. The first-order valence-corrected chi connectivity index (χ1v) is 11.7. The average Bonchev–Trinajstić information content (AvgIpc) is 2.62.